The van der Waals surface area contributed by atoms with Crippen LogP contribution in [0.25, 0.3) is 21.8 Å². The van der Waals surface area contributed by atoms with Crippen LogP contribution >= 0.6 is 0 Å². The van der Waals surface area contributed by atoms with E-state index in [1.165, 1.54) is 21.8 Å². The number of para-hydroxylation sites is 1. The molecule has 1 heterocycles. The molecule has 132 valence electrons. The van der Waals surface area contributed by atoms with Gasteiger partial charge in [-0.3, -0.25) is 0 Å². The molecule has 0 atom stereocenters. The summed E-state index contributed by atoms with van der Waals surface area (Å²) >= 11 is 0. The van der Waals surface area contributed by atoms with Crippen molar-refractivity contribution in [2.75, 3.05) is 18.6 Å². The highest BCUT2D eigenvalue weighted by atomic mass is 16.3. The van der Waals surface area contributed by atoms with Gasteiger partial charge in [0.05, 0.1) is 0 Å². The molecule has 3 aromatic rings. The number of anilines is 1. The first-order chi connectivity index (χ1) is 12.2. The lowest BCUT2D eigenvalue weighted by atomic mass is 10.1. The van der Waals surface area contributed by atoms with Crippen molar-refractivity contribution in [3.63, 3.8) is 0 Å². The van der Waals surface area contributed by atoms with Gasteiger partial charge >= 0.3 is 0 Å². The maximum absolute atomic E-state index is 9.24. The molecular weight excluding hydrogens is 308 g/mol. The smallest absolute Gasteiger partial charge is 0.0492 e. The summed E-state index contributed by atoms with van der Waals surface area (Å²) in [5.74, 6) is 0. The first kappa shape index (κ1) is 18.8. The molecule has 2 aromatic carbocycles. The number of nitrogens with zero attached hydrogens (tertiary/aromatic N) is 2. The number of rotatable bonds is 5. The molecule has 1 aromatic heterocycles. The number of fused-ring (bicyclic) bond motifs is 3. The van der Waals surface area contributed by atoms with Gasteiger partial charge in [-0.25, -0.2) is 0 Å². The maximum atomic E-state index is 9.24. The molecule has 0 spiro atoms. The summed E-state index contributed by atoms with van der Waals surface area (Å²) in [6.07, 6.45) is 2.73. The number of hydrogen-bond donors (Lipinski definition) is 1. The van der Waals surface area contributed by atoms with Crippen molar-refractivity contribution in [1.82, 2.24) is 4.57 Å². The van der Waals surface area contributed by atoms with Gasteiger partial charge in [0.2, 0.25) is 0 Å². The van der Waals surface area contributed by atoms with E-state index < -0.39 is 0 Å². The first-order valence-corrected chi connectivity index (χ1v) is 8.72. The maximum Gasteiger partial charge on any atom is 0.0492 e. The van der Waals surface area contributed by atoms with Crippen molar-refractivity contribution < 1.29 is 5.11 Å². The Morgan fingerprint density at radius 2 is 1.80 bits per heavy atom. The number of aryl methyl sites for hydroxylation is 1. The lowest BCUT2D eigenvalue weighted by Crippen LogP contribution is -2.17. The zero-order valence-corrected chi connectivity index (χ0v) is 15.5. The van der Waals surface area contributed by atoms with Gasteiger partial charge in [-0.2, -0.15) is 0 Å². The highest BCUT2D eigenvalue weighted by molar-refractivity contribution is 6.09. The van der Waals surface area contributed by atoms with E-state index >= 15 is 0 Å². The number of hydrogen-bond acceptors (Lipinski definition) is 2. The Labute approximate surface area is 150 Å². The van der Waals surface area contributed by atoms with Crippen LogP contribution in [0.3, 0.4) is 0 Å². The third kappa shape index (κ3) is 3.47. The first-order valence-electron chi connectivity index (χ1n) is 8.72. The van der Waals surface area contributed by atoms with Crippen LogP contribution in [0.1, 0.15) is 20.3 Å². The third-order valence-corrected chi connectivity index (χ3v) is 4.59. The third-order valence-electron chi connectivity index (χ3n) is 4.59. The van der Waals surface area contributed by atoms with Crippen molar-refractivity contribution in [2.24, 2.45) is 0 Å². The zero-order chi connectivity index (χ0) is 18.4. The normalized spacial score (nSPS) is 11.4. The molecule has 0 aliphatic carbocycles. The van der Waals surface area contributed by atoms with E-state index in [1.54, 1.807) is 0 Å². The summed E-state index contributed by atoms with van der Waals surface area (Å²) in [6.45, 7) is 11.3. The van der Waals surface area contributed by atoms with Crippen LogP contribution in [0.4, 0.5) is 5.69 Å². The molecule has 0 saturated carbocycles. The van der Waals surface area contributed by atoms with Crippen molar-refractivity contribution >= 4 is 27.5 Å². The van der Waals surface area contributed by atoms with Gasteiger partial charge in [0.25, 0.3) is 0 Å². The molecule has 3 heteroatoms. The minimum Gasteiger partial charge on any atom is -0.396 e. The summed E-state index contributed by atoms with van der Waals surface area (Å²) in [7, 11) is 2.06. The molecule has 0 radical (unpaired) electrons. The van der Waals surface area contributed by atoms with Gasteiger partial charge in [-0.05, 0) is 38.1 Å². The van der Waals surface area contributed by atoms with E-state index in [9.17, 15) is 5.11 Å². The minimum absolute atomic E-state index is 0.168. The molecule has 0 saturated heterocycles. The second kappa shape index (κ2) is 8.54. The van der Waals surface area contributed by atoms with Crippen molar-refractivity contribution in [2.45, 2.75) is 26.8 Å². The molecule has 0 bridgehead atoms. The van der Waals surface area contributed by atoms with Crippen LogP contribution in [-0.4, -0.2) is 23.3 Å². The lowest BCUT2D eigenvalue weighted by Gasteiger charge is -2.22. The van der Waals surface area contributed by atoms with Crippen LogP contribution in [0.15, 0.2) is 67.4 Å². The molecule has 0 fully saturated rings. The monoisotopic (exact) mass is 336 g/mol. The molecule has 3 nitrogen and oxygen atoms in total. The number of aromatic nitrogens is 1. The fraction of sp³-hybridized carbons (Fsp3) is 0.273. The van der Waals surface area contributed by atoms with E-state index in [-0.39, 0.29) is 6.61 Å². The van der Waals surface area contributed by atoms with Crippen LogP contribution in [0.2, 0.25) is 0 Å². The van der Waals surface area contributed by atoms with Gasteiger partial charge in [0.1, 0.15) is 0 Å². The van der Waals surface area contributed by atoms with E-state index in [0.29, 0.717) is 6.42 Å². The van der Waals surface area contributed by atoms with Gasteiger partial charge in [0.15, 0.2) is 0 Å². The minimum atomic E-state index is 0.168. The summed E-state index contributed by atoms with van der Waals surface area (Å²) in [5, 5.41) is 11.8. The average Bonchev–Trinajstić information content (AvgIpc) is 3.00. The second-order valence-electron chi connectivity index (χ2n) is 5.78. The lowest BCUT2D eigenvalue weighted by molar-refractivity contribution is 0.298. The Bertz CT molecular complexity index is 876. The molecular formula is C22H28N2O. The molecule has 0 aliphatic rings. The van der Waals surface area contributed by atoms with Gasteiger partial charge < -0.3 is 14.6 Å². The predicted octanol–water partition coefficient (Wildman–Crippen LogP) is 5.34. The molecule has 0 unspecified atom stereocenters. The summed E-state index contributed by atoms with van der Waals surface area (Å²) in [4.78, 5) is 2.16. The van der Waals surface area contributed by atoms with Crippen LogP contribution in [0.5, 0.6) is 0 Å². The van der Waals surface area contributed by atoms with Crippen LogP contribution < -0.4 is 4.90 Å². The summed E-state index contributed by atoms with van der Waals surface area (Å²) in [6, 6.07) is 15.2. The summed E-state index contributed by atoms with van der Waals surface area (Å²) in [5.41, 5.74) is 4.84. The molecule has 1 N–H and O–H groups in total. The van der Waals surface area contributed by atoms with Crippen molar-refractivity contribution in [3.05, 3.63) is 67.4 Å². The Kier molecular flexibility index (Phi) is 6.43. The van der Waals surface area contributed by atoms with Crippen LogP contribution in [0, 0.1) is 0 Å². The van der Waals surface area contributed by atoms with Crippen molar-refractivity contribution in [3.8, 4) is 0 Å². The highest BCUT2D eigenvalue weighted by Crippen LogP contribution is 2.32. The molecule has 3 rings (SSSR count). The number of benzene rings is 2. The van der Waals surface area contributed by atoms with Crippen LogP contribution in [-0.2, 0) is 6.54 Å². The molecule has 25 heavy (non-hydrogen) atoms. The SMILES string of the molecule is C/C=C(/CCO)N(C)c1ccc2c(c1)c1ccccc1n2CC.C=C. The Morgan fingerprint density at radius 3 is 2.44 bits per heavy atom. The number of aliphatic hydroxyl groups excluding tert-OH is 1. The van der Waals surface area contributed by atoms with E-state index in [2.05, 4.69) is 85.1 Å². The summed E-state index contributed by atoms with van der Waals surface area (Å²) < 4.78 is 2.36. The predicted molar refractivity (Wildman–Crippen MR) is 110 cm³/mol. The Morgan fingerprint density at radius 1 is 1.12 bits per heavy atom. The Balaban J connectivity index is 0.00000109. The van der Waals surface area contributed by atoms with E-state index in [4.69, 9.17) is 0 Å². The topological polar surface area (TPSA) is 28.4 Å². The molecule has 0 aliphatic heterocycles. The number of aliphatic hydroxyl groups is 1. The quantitative estimate of drug-likeness (QED) is 0.637. The van der Waals surface area contributed by atoms with E-state index in [0.717, 1.165) is 17.9 Å². The number of allylic oxidation sites excluding steroid dienone is 1. The Hall–Kier alpha value is -2.52. The second-order valence-corrected chi connectivity index (χ2v) is 5.78. The van der Waals surface area contributed by atoms with Gasteiger partial charge in [0, 0.05) is 59.8 Å². The largest absolute Gasteiger partial charge is 0.396 e. The van der Waals surface area contributed by atoms with E-state index in [1.807, 2.05) is 6.92 Å². The molecule has 0 amide bonds. The standard InChI is InChI=1S/C20H24N2O.C2H4/c1-4-15(12-13-23)21(3)16-10-11-20-18(14-16)17-8-6-7-9-19(17)22(20)5-2;1-2/h4,6-11,14,23H,5,12-13H2,1-3H3;1-2H2/b15-4-;. The van der Waals surface area contributed by atoms with Gasteiger partial charge in [-0.1, -0.05) is 24.3 Å². The van der Waals surface area contributed by atoms with Crippen molar-refractivity contribution in [1.29, 1.82) is 0 Å². The highest BCUT2D eigenvalue weighted by Gasteiger charge is 2.12. The van der Waals surface area contributed by atoms with Gasteiger partial charge in [-0.15, -0.1) is 13.2 Å². The fourth-order valence-corrected chi connectivity index (χ4v) is 3.38. The zero-order valence-electron chi connectivity index (χ0n) is 15.5. The average molecular weight is 336 g/mol. The fourth-order valence-electron chi connectivity index (χ4n) is 3.38.